The fourth-order valence-electron chi connectivity index (χ4n) is 3.51. The number of aliphatic hydroxyl groups excluding tert-OH is 1. The molecule has 1 saturated heterocycles. The van der Waals surface area contributed by atoms with Crippen LogP contribution in [0.25, 0.3) is 5.52 Å². The van der Waals surface area contributed by atoms with Crippen molar-refractivity contribution in [1.29, 1.82) is 0 Å². The maximum absolute atomic E-state index is 13.1. The topological polar surface area (TPSA) is 109 Å². The van der Waals surface area contributed by atoms with E-state index in [1.165, 1.54) is 15.5 Å². The van der Waals surface area contributed by atoms with Crippen molar-refractivity contribution < 1.29 is 23.1 Å². The minimum absolute atomic E-state index is 0.00907. The van der Waals surface area contributed by atoms with Crippen LogP contribution in [0.1, 0.15) is 40.3 Å². The molecule has 4 rings (SSSR count). The molecule has 0 radical (unpaired) electrons. The molecule has 0 bridgehead atoms. The maximum Gasteiger partial charge on any atom is 0.416 e. The Hall–Kier alpha value is -3.34. The number of amides is 1. The molecule has 1 aromatic carbocycles. The third kappa shape index (κ3) is 4.13. The van der Waals surface area contributed by atoms with Crippen molar-refractivity contribution in [2.45, 2.75) is 32.2 Å². The van der Waals surface area contributed by atoms with Crippen LogP contribution in [-0.2, 0) is 6.18 Å². The molecule has 8 nitrogen and oxygen atoms in total. The molecule has 164 valence electrons. The molecule has 1 aliphatic heterocycles. The summed E-state index contributed by atoms with van der Waals surface area (Å²) in [5, 5.41) is 16.8. The molecule has 0 saturated carbocycles. The lowest BCUT2D eigenvalue weighted by Crippen LogP contribution is -2.53. The number of hydrogen-bond donors (Lipinski definition) is 3. The molecule has 31 heavy (non-hydrogen) atoms. The van der Waals surface area contributed by atoms with Gasteiger partial charge in [0.2, 0.25) is 0 Å². The van der Waals surface area contributed by atoms with Gasteiger partial charge in [0.1, 0.15) is 11.3 Å². The summed E-state index contributed by atoms with van der Waals surface area (Å²) in [5.74, 6) is 0.552. The van der Waals surface area contributed by atoms with Gasteiger partial charge in [0.15, 0.2) is 5.82 Å². The lowest BCUT2D eigenvalue weighted by atomic mass is 10.0. The van der Waals surface area contributed by atoms with E-state index in [2.05, 4.69) is 15.4 Å². The van der Waals surface area contributed by atoms with Gasteiger partial charge in [-0.3, -0.25) is 4.79 Å². The largest absolute Gasteiger partial charge is 0.416 e. The standard InChI is InChI=1S/C20H21F3N6O2/c1-10(12-3-14(20(21,22)23)6-15(24)4-12)25-18-17-5-13(7-29(17)27-11(2)26-18)19(31)28-8-16(30)9-28/h3-7,10,16,30H,8-9,24H2,1-2H3,(H,25,26,27)/t10-/m1/s1. The number of fused-ring (bicyclic) bond motifs is 1. The summed E-state index contributed by atoms with van der Waals surface area (Å²) < 4.78 is 41.0. The van der Waals surface area contributed by atoms with Crippen LogP contribution in [0.15, 0.2) is 30.5 Å². The Bertz CT molecular complexity index is 1150. The second-order valence-corrected chi connectivity index (χ2v) is 7.68. The van der Waals surface area contributed by atoms with Gasteiger partial charge in [-0.15, -0.1) is 0 Å². The minimum Gasteiger partial charge on any atom is -0.399 e. The molecule has 11 heteroatoms. The van der Waals surface area contributed by atoms with E-state index in [1.807, 2.05) is 0 Å². The number of anilines is 2. The summed E-state index contributed by atoms with van der Waals surface area (Å²) in [6.45, 7) is 3.91. The van der Waals surface area contributed by atoms with Gasteiger partial charge in [-0.05, 0) is 43.7 Å². The first-order chi connectivity index (χ1) is 14.5. The summed E-state index contributed by atoms with van der Waals surface area (Å²) in [6, 6.07) is 4.47. The number of nitrogens with one attached hydrogen (secondary N) is 1. The zero-order valence-corrected chi connectivity index (χ0v) is 16.8. The molecule has 1 fully saturated rings. The lowest BCUT2D eigenvalue weighted by molar-refractivity contribution is -0.137. The van der Waals surface area contributed by atoms with E-state index in [1.54, 1.807) is 26.1 Å². The molecule has 0 unspecified atom stereocenters. The molecule has 0 spiro atoms. The van der Waals surface area contributed by atoms with Crippen LogP contribution in [0, 0.1) is 6.92 Å². The van der Waals surface area contributed by atoms with E-state index < -0.39 is 23.9 Å². The van der Waals surface area contributed by atoms with Crippen molar-refractivity contribution >= 4 is 22.9 Å². The van der Waals surface area contributed by atoms with Crippen LogP contribution < -0.4 is 11.1 Å². The lowest BCUT2D eigenvalue weighted by Gasteiger charge is -2.35. The number of nitrogens with two attached hydrogens (primary N) is 1. The number of hydrogen-bond acceptors (Lipinski definition) is 6. The second-order valence-electron chi connectivity index (χ2n) is 7.68. The molecule has 2 aromatic heterocycles. The highest BCUT2D eigenvalue weighted by Gasteiger charge is 2.32. The monoisotopic (exact) mass is 434 g/mol. The van der Waals surface area contributed by atoms with Crippen LogP contribution in [0.2, 0.25) is 0 Å². The van der Waals surface area contributed by atoms with Gasteiger partial charge in [-0.2, -0.15) is 18.3 Å². The minimum atomic E-state index is -4.51. The van der Waals surface area contributed by atoms with Crippen LogP contribution in [0.4, 0.5) is 24.7 Å². The highest BCUT2D eigenvalue weighted by Crippen LogP contribution is 2.33. The van der Waals surface area contributed by atoms with Gasteiger partial charge in [0, 0.05) is 25.0 Å². The number of β-amino-alcohol motifs (C(OH)–C–C–N with tert-alkyl or cyclic N) is 1. The summed E-state index contributed by atoms with van der Waals surface area (Å²) in [4.78, 5) is 18.4. The van der Waals surface area contributed by atoms with E-state index in [-0.39, 0.29) is 24.7 Å². The van der Waals surface area contributed by atoms with Gasteiger partial charge >= 0.3 is 6.18 Å². The second kappa shape index (κ2) is 7.41. The molecule has 1 amide bonds. The number of benzene rings is 1. The van der Waals surface area contributed by atoms with Crippen molar-refractivity contribution in [3.63, 3.8) is 0 Å². The zero-order chi connectivity index (χ0) is 22.5. The quantitative estimate of drug-likeness (QED) is 0.545. The van der Waals surface area contributed by atoms with Crippen molar-refractivity contribution in [1.82, 2.24) is 19.5 Å². The predicted octanol–water partition coefficient (Wildman–Crippen LogP) is 2.63. The van der Waals surface area contributed by atoms with Crippen LogP contribution in [-0.4, -0.2) is 49.7 Å². The fourth-order valence-corrected chi connectivity index (χ4v) is 3.51. The average Bonchev–Trinajstić information content (AvgIpc) is 3.08. The number of alkyl halides is 3. The number of carbonyl (C=O) groups excluding carboxylic acids is 1. The number of nitrogen functional groups attached to an aromatic ring is 1. The van der Waals surface area contributed by atoms with Gasteiger partial charge in [-0.25, -0.2) is 9.50 Å². The van der Waals surface area contributed by atoms with Gasteiger partial charge in [0.25, 0.3) is 5.91 Å². The first-order valence-corrected chi connectivity index (χ1v) is 9.60. The summed E-state index contributed by atoms with van der Waals surface area (Å²) >= 11 is 0. The molecule has 4 N–H and O–H groups in total. The molecule has 0 aliphatic carbocycles. The van der Waals surface area contributed by atoms with Crippen molar-refractivity contribution in [3.8, 4) is 0 Å². The number of likely N-dealkylation sites (tertiary alicyclic amines) is 1. The normalized spacial score (nSPS) is 15.7. The molecular formula is C20H21F3N6O2. The zero-order valence-electron chi connectivity index (χ0n) is 16.8. The van der Waals surface area contributed by atoms with Crippen LogP contribution in [0.5, 0.6) is 0 Å². The number of carbonyl (C=O) groups is 1. The van der Waals surface area contributed by atoms with Gasteiger partial charge in [-0.1, -0.05) is 0 Å². The SMILES string of the molecule is Cc1nc(N[C@H](C)c2cc(N)cc(C(F)(F)F)c2)c2cc(C(=O)N3CC(O)C3)cn2n1. The van der Waals surface area contributed by atoms with Crippen molar-refractivity contribution in [2.24, 2.45) is 0 Å². The maximum atomic E-state index is 13.1. The Kier molecular flexibility index (Phi) is 5.00. The smallest absolute Gasteiger partial charge is 0.399 e. The Morgan fingerprint density at radius 1 is 1.29 bits per heavy atom. The van der Waals surface area contributed by atoms with Crippen molar-refractivity contribution in [2.75, 3.05) is 24.1 Å². The van der Waals surface area contributed by atoms with Crippen molar-refractivity contribution in [3.05, 3.63) is 53.0 Å². The molecule has 3 aromatic rings. The Morgan fingerprint density at radius 3 is 2.65 bits per heavy atom. The highest BCUT2D eigenvalue weighted by molar-refractivity contribution is 5.97. The molecule has 1 atom stereocenters. The number of halogens is 3. The third-order valence-corrected chi connectivity index (χ3v) is 5.12. The van der Waals surface area contributed by atoms with Gasteiger partial charge < -0.3 is 21.1 Å². The predicted molar refractivity (Wildman–Crippen MR) is 108 cm³/mol. The Labute approximate surface area is 175 Å². The van der Waals surface area contributed by atoms with Crippen LogP contribution >= 0.6 is 0 Å². The molecule has 1 aliphatic rings. The Balaban J connectivity index is 1.65. The number of aliphatic hydroxyl groups is 1. The summed E-state index contributed by atoms with van der Waals surface area (Å²) in [7, 11) is 0. The first kappa shape index (κ1) is 20.9. The first-order valence-electron chi connectivity index (χ1n) is 9.60. The van der Waals surface area contributed by atoms with E-state index in [0.717, 1.165) is 12.1 Å². The average molecular weight is 434 g/mol. The molecule has 3 heterocycles. The number of aryl methyl sites for hydroxylation is 1. The fraction of sp³-hybridized carbons (Fsp3) is 0.350. The number of rotatable bonds is 4. The highest BCUT2D eigenvalue weighted by atomic mass is 19.4. The van der Waals surface area contributed by atoms with E-state index in [4.69, 9.17) is 5.73 Å². The van der Waals surface area contributed by atoms with E-state index >= 15 is 0 Å². The Morgan fingerprint density at radius 2 is 2.00 bits per heavy atom. The number of nitrogens with zero attached hydrogens (tertiary/aromatic N) is 4. The summed E-state index contributed by atoms with van der Waals surface area (Å²) in [5.41, 5.74) is 6.09. The van der Waals surface area contributed by atoms with E-state index in [9.17, 15) is 23.1 Å². The third-order valence-electron chi connectivity index (χ3n) is 5.12. The molecular weight excluding hydrogens is 413 g/mol. The van der Waals surface area contributed by atoms with E-state index in [0.29, 0.717) is 28.3 Å². The number of aromatic nitrogens is 3. The van der Waals surface area contributed by atoms with Crippen LogP contribution in [0.3, 0.4) is 0 Å². The summed E-state index contributed by atoms with van der Waals surface area (Å²) in [6.07, 6.45) is -3.46. The van der Waals surface area contributed by atoms with Gasteiger partial charge in [0.05, 0.1) is 23.3 Å².